The van der Waals surface area contributed by atoms with Gasteiger partial charge in [0.05, 0.1) is 7.11 Å². The summed E-state index contributed by atoms with van der Waals surface area (Å²) in [5.74, 6) is 0.596. The fourth-order valence-corrected chi connectivity index (χ4v) is 4.17. The minimum atomic E-state index is -0.625. The summed E-state index contributed by atoms with van der Waals surface area (Å²) in [7, 11) is 1.63. The Labute approximate surface area is 176 Å². The molecule has 1 unspecified atom stereocenters. The van der Waals surface area contributed by atoms with Gasteiger partial charge in [0.15, 0.2) is 0 Å². The summed E-state index contributed by atoms with van der Waals surface area (Å²) in [6.45, 7) is 0.929. The van der Waals surface area contributed by atoms with Crippen LogP contribution >= 0.6 is 0 Å². The van der Waals surface area contributed by atoms with E-state index in [1.54, 1.807) is 12.0 Å². The van der Waals surface area contributed by atoms with Crippen molar-refractivity contribution in [2.75, 3.05) is 13.7 Å². The summed E-state index contributed by atoms with van der Waals surface area (Å²) in [6.07, 6.45) is 2.29. The predicted molar refractivity (Wildman–Crippen MR) is 117 cm³/mol. The lowest BCUT2D eigenvalue weighted by Crippen LogP contribution is -2.45. The molecule has 1 fully saturated rings. The van der Waals surface area contributed by atoms with Gasteiger partial charge in [0, 0.05) is 25.1 Å². The van der Waals surface area contributed by atoms with Gasteiger partial charge >= 0.3 is 0 Å². The first-order chi connectivity index (χ1) is 14.7. The van der Waals surface area contributed by atoms with Gasteiger partial charge in [-0.1, -0.05) is 60.7 Å². The highest BCUT2D eigenvalue weighted by Crippen LogP contribution is 2.29. The summed E-state index contributed by atoms with van der Waals surface area (Å²) in [5, 5.41) is 5.20. The number of rotatable bonds is 6. The fraction of sp³-hybridized carbons (Fsp3) is 0.280. The molecule has 0 bridgehead atoms. The molecule has 0 aromatic heterocycles. The monoisotopic (exact) mass is 402 g/mol. The first kappa shape index (κ1) is 20.0. The second kappa shape index (κ2) is 8.99. The number of benzene rings is 3. The summed E-state index contributed by atoms with van der Waals surface area (Å²) >= 11 is 0. The molecule has 3 aromatic carbocycles. The Bertz CT molecular complexity index is 1050. The van der Waals surface area contributed by atoms with Gasteiger partial charge < -0.3 is 15.0 Å². The molecule has 30 heavy (non-hydrogen) atoms. The lowest BCUT2D eigenvalue weighted by molar-refractivity contribution is -0.142. The normalized spacial score (nSPS) is 15.1. The molecule has 0 spiro atoms. The highest BCUT2D eigenvalue weighted by molar-refractivity contribution is 5.91. The number of ether oxygens (including phenoxy) is 1. The fourth-order valence-electron chi connectivity index (χ4n) is 4.17. The Morgan fingerprint density at radius 3 is 2.57 bits per heavy atom. The summed E-state index contributed by atoms with van der Waals surface area (Å²) < 4.78 is 5.55. The standard InChI is InChI=1S/C25H26N2O3/c1-30-22-15-14-18-9-5-6-12-20(18)21(22)17-26-25(29)24(19-10-3-2-4-11-19)27-16-8-7-13-23(27)28/h2-6,9-12,14-15,24H,7-8,13,16-17H2,1H3,(H,26,29). The highest BCUT2D eigenvalue weighted by Gasteiger charge is 2.32. The number of nitrogens with one attached hydrogen (secondary N) is 1. The van der Waals surface area contributed by atoms with Crippen molar-refractivity contribution in [1.29, 1.82) is 0 Å². The lowest BCUT2D eigenvalue weighted by atomic mass is 9.99. The van der Waals surface area contributed by atoms with Crippen LogP contribution < -0.4 is 10.1 Å². The van der Waals surface area contributed by atoms with Crippen molar-refractivity contribution in [1.82, 2.24) is 10.2 Å². The van der Waals surface area contributed by atoms with Gasteiger partial charge in [-0.2, -0.15) is 0 Å². The first-order valence-electron chi connectivity index (χ1n) is 10.4. The molecule has 2 amide bonds. The third kappa shape index (κ3) is 4.01. The van der Waals surface area contributed by atoms with E-state index in [9.17, 15) is 9.59 Å². The van der Waals surface area contributed by atoms with E-state index in [2.05, 4.69) is 5.32 Å². The van der Waals surface area contributed by atoms with E-state index in [0.29, 0.717) is 19.5 Å². The van der Waals surface area contributed by atoms with Crippen LogP contribution in [0, 0.1) is 0 Å². The van der Waals surface area contributed by atoms with Crippen molar-refractivity contribution in [2.24, 2.45) is 0 Å². The van der Waals surface area contributed by atoms with Crippen molar-refractivity contribution in [2.45, 2.75) is 31.8 Å². The Morgan fingerprint density at radius 1 is 1.03 bits per heavy atom. The van der Waals surface area contributed by atoms with Crippen LogP contribution in [0.5, 0.6) is 5.75 Å². The number of amides is 2. The first-order valence-corrected chi connectivity index (χ1v) is 10.4. The average molecular weight is 402 g/mol. The number of fused-ring (bicyclic) bond motifs is 1. The van der Waals surface area contributed by atoms with E-state index >= 15 is 0 Å². The smallest absolute Gasteiger partial charge is 0.247 e. The van der Waals surface area contributed by atoms with E-state index in [-0.39, 0.29) is 11.8 Å². The van der Waals surface area contributed by atoms with Gasteiger partial charge in [0.1, 0.15) is 11.8 Å². The number of nitrogens with zero attached hydrogens (tertiary/aromatic N) is 1. The SMILES string of the molecule is COc1ccc2ccccc2c1CNC(=O)C(c1ccccc1)N1CCCCC1=O. The molecule has 0 radical (unpaired) electrons. The van der Waals surface area contributed by atoms with Crippen molar-refractivity contribution in [3.8, 4) is 5.75 Å². The maximum atomic E-state index is 13.4. The molecule has 0 saturated carbocycles. The Balaban J connectivity index is 1.62. The van der Waals surface area contributed by atoms with Crippen LogP contribution in [0.25, 0.3) is 10.8 Å². The third-order valence-corrected chi connectivity index (χ3v) is 5.69. The van der Waals surface area contributed by atoms with Gasteiger partial charge in [0.2, 0.25) is 11.8 Å². The van der Waals surface area contributed by atoms with Crippen molar-refractivity contribution >= 4 is 22.6 Å². The quantitative estimate of drug-likeness (QED) is 0.672. The molecule has 1 atom stereocenters. The molecule has 1 aliphatic rings. The number of methoxy groups -OCH3 is 1. The molecule has 1 saturated heterocycles. The van der Waals surface area contributed by atoms with E-state index in [4.69, 9.17) is 4.74 Å². The minimum absolute atomic E-state index is 0.0352. The number of hydrogen-bond acceptors (Lipinski definition) is 3. The van der Waals surface area contributed by atoms with E-state index in [1.165, 1.54) is 0 Å². The maximum absolute atomic E-state index is 13.4. The number of carbonyl (C=O) groups is 2. The van der Waals surface area contributed by atoms with Crippen molar-refractivity contribution < 1.29 is 14.3 Å². The number of carbonyl (C=O) groups excluding carboxylic acids is 2. The zero-order chi connectivity index (χ0) is 20.9. The molecule has 0 aliphatic carbocycles. The number of hydrogen-bond donors (Lipinski definition) is 1. The van der Waals surface area contributed by atoms with Gasteiger partial charge in [-0.15, -0.1) is 0 Å². The van der Waals surface area contributed by atoms with Gasteiger partial charge in [-0.3, -0.25) is 9.59 Å². The Kier molecular flexibility index (Phi) is 5.98. The number of likely N-dealkylation sites (tertiary alicyclic amines) is 1. The third-order valence-electron chi connectivity index (χ3n) is 5.69. The van der Waals surface area contributed by atoms with Crippen LogP contribution in [0.1, 0.15) is 36.4 Å². The molecular weight excluding hydrogens is 376 g/mol. The molecule has 1 N–H and O–H groups in total. The van der Waals surface area contributed by atoms with Crippen LogP contribution in [-0.4, -0.2) is 30.4 Å². The van der Waals surface area contributed by atoms with Crippen LogP contribution in [0.2, 0.25) is 0 Å². The Hall–Kier alpha value is -3.34. The lowest BCUT2D eigenvalue weighted by Gasteiger charge is -2.34. The highest BCUT2D eigenvalue weighted by atomic mass is 16.5. The molecule has 4 rings (SSSR count). The van der Waals surface area contributed by atoms with E-state index in [1.807, 2.05) is 66.7 Å². The average Bonchev–Trinajstić information content (AvgIpc) is 2.79. The predicted octanol–water partition coefficient (Wildman–Crippen LogP) is 4.22. The van der Waals surface area contributed by atoms with Gasteiger partial charge in [-0.05, 0) is 35.2 Å². The van der Waals surface area contributed by atoms with Crippen LogP contribution in [0.4, 0.5) is 0 Å². The topological polar surface area (TPSA) is 58.6 Å². The molecule has 5 heteroatoms. The second-order valence-corrected chi connectivity index (χ2v) is 7.54. The molecule has 154 valence electrons. The van der Waals surface area contributed by atoms with Crippen molar-refractivity contribution in [3.05, 3.63) is 77.9 Å². The zero-order valence-electron chi connectivity index (χ0n) is 17.1. The van der Waals surface area contributed by atoms with Crippen molar-refractivity contribution in [3.63, 3.8) is 0 Å². The summed E-state index contributed by atoms with van der Waals surface area (Å²) in [4.78, 5) is 27.7. The van der Waals surface area contributed by atoms with E-state index in [0.717, 1.165) is 40.5 Å². The van der Waals surface area contributed by atoms with Crippen LogP contribution in [0.15, 0.2) is 66.7 Å². The van der Waals surface area contributed by atoms with Crippen LogP contribution in [-0.2, 0) is 16.1 Å². The molecule has 1 aliphatic heterocycles. The number of piperidine rings is 1. The maximum Gasteiger partial charge on any atom is 0.247 e. The molecular formula is C25H26N2O3. The minimum Gasteiger partial charge on any atom is -0.496 e. The van der Waals surface area contributed by atoms with Gasteiger partial charge in [-0.25, -0.2) is 0 Å². The Morgan fingerprint density at radius 2 is 1.80 bits per heavy atom. The summed E-state index contributed by atoms with van der Waals surface area (Å²) in [5.41, 5.74) is 1.76. The largest absolute Gasteiger partial charge is 0.496 e. The molecule has 3 aromatic rings. The molecule has 5 nitrogen and oxygen atoms in total. The molecule has 1 heterocycles. The van der Waals surface area contributed by atoms with E-state index < -0.39 is 6.04 Å². The van der Waals surface area contributed by atoms with Crippen LogP contribution in [0.3, 0.4) is 0 Å². The second-order valence-electron chi connectivity index (χ2n) is 7.54. The van der Waals surface area contributed by atoms with Gasteiger partial charge in [0.25, 0.3) is 0 Å². The zero-order valence-corrected chi connectivity index (χ0v) is 17.1. The summed E-state index contributed by atoms with van der Waals surface area (Å²) in [6, 6.07) is 20.9.